The second kappa shape index (κ2) is 8.61. The Kier molecular flexibility index (Phi) is 6.45. The number of benzene rings is 1. The molecule has 2 fully saturated rings. The quantitative estimate of drug-likeness (QED) is 0.601. The van der Waals surface area contributed by atoms with Crippen LogP contribution in [-0.4, -0.2) is 39.9 Å². The number of imide groups is 1. The van der Waals surface area contributed by atoms with E-state index in [1.165, 1.54) is 12.1 Å². The molecular weight excluding hydrogens is 413 g/mol. The van der Waals surface area contributed by atoms with Crippen molar-refractivity contribution in [2.75, 3.05) is 6.54 Å². The minimum absolute atomic E-state index is 0.151. The van der Waals surface area contributed by atoms with Crippen molar-refractivity contribution in [1.82, 2.24) is 10.2 Å². The van der Waals surface area contributed by atoms with Gasteiger partial charge in [-0.2, -0.15) is 13.2 Å². The van der Waals surface area contributed by atoms with E-state index in [0.717, 1.165) is 23.5 Å². The molecular formula is C22H27F3N2O4. The van der Waals surface area contributed by atoms with Gasteiger partial charge in [0.15, 0.2) is 0 Å². The number of halogens is 3. The summed E-state index contributed by atoms with van der Waals surface area (Å²) in [6.07, 6.45) is -1.78. The van der Waals surface area contributed by atoms with Crippen molar-refractivity contribution in [3.05, 3.63) is 35.4 Å². The molecule has 0 saturated carbocycles. The van der Waals surface area contributed by atoms with Crippen molar-refractivity contribution >= 4 is 17.8 Å². The molecule has 9 heteroatoms. The lowest BCUT2D eigenvalue weighted by Crippen LogP contribution is -2.55. The lowest BCUT2D eigenvalue weighted by molar-refractivity contribution is -0.151. The predicted molar refractivity (Wildman–Crippen MR) is 106 cm³/mol. The second-order valence-corrected chi connectivity index (χ2v) is 8.31. The Morgan fingerprint density at radius 2 is 1.71 bits per heavy atom. The molecule has 4 atom stereocenters. The number of likely N-dealkylation sites (tertiary alicyclic amines) is 1. The Balaban J connectivity index is 2.05. The second-order valence-electron chi connectivity index (χ2n) is 8.31. The number of carbonyl (C=O) groups is 3. The number of carboxylic acid groups (broad SMARTS) is 1. The van der Waals surface area contributed by atoms with E-state index < -0.39 is 52.9 Å². The molecule has 3 rings (SSSR count). The van der Waals surface area contributed by atoms with Crippen LogP contribution in [0.3, 0.4) is 0 Å². The maximum absolute atomic E-state index is 13.2. The highest BCUT2D eigenvalue weighted by Gasteiger charge is 2.67. The zero-order valence-electron chi connectivity index (χ0n) is 17.5. The molecule has 31 heavy (non-hydrogen) atoms. The number of nitrogens with one attached hydrogen (secondary N) is 1. The molecule has 0 radical (unpaired) electrons. The Labute approximate surface area is 178 Å². The number of rotatable bonds is 8. The van der Waals surface area contributed by atoms with Crippen LogP contribution in [0.15, 0.2) is 24.3 Å². The summed E-state index contributed by atoms with van der Waals surface area (Å²) >= 11 is 0. The number of alkyl halides is 3. The Morgan fingerprint density at radius 1 is 1.10 bits per heavy atom. The number of hydrogen-bond acceptors (Lipinski definition) is 4. The largest absolute Gasteiger partial charge is 0.480 e. The third-order valence-corrected chi connectivity index (χ3v) is 6.38. The van der Waals surface area contributed by atoms with Crippen LogP contribution in [0.2, 0.25) is 0 Å². The van der Waals surface area contributed by atoms with Crippen LogP contribution < -0.4 is 5.32 Å². The van der Waals surface area contributed by atoms with Crippen molar-refractivity contribution in [1.29, 1.82) is 0 Å². The summed E-state index contributed by atoms with van der Waals surface area (Å²) in [5.41, 5.74) is -2.11. The lowest BCUT2D eigenvalue weighted by Gasteiger charge is -2.31. The molecule has 2 amide bonds. The van der Waals surface area contributed by atoms with E-state index in [2.05, 4.69) is 5.32 Å². The first-order chi connectivity index (χ1) is 14.6. The zero-order chi connectivity index (χ0) is 23.0. The smallest absolute Gasteiger partial charge is 0.416 e. The molecule has 1 aromatic carbocycles. The van der Waals surface area contributed by atoms with Gasteiger partial charge in [0.05, 0.1) is 17.4 Å². The van der Waals surface area contributed by atoms with E-state index >= 15 is 0 Å². The SMILES string of the molecule is CCCCN1C(=O)C2C(c3ccc(C(F)(F)F)cc3)NC(CCCC)(C(=O)O)C2C1=O. The van der Waals surface area contributed by atoms with Gasteiger partial charge in [-0.25, -0.2) is 0 Å². The van der Waals surface area contributed by atoms with Gasteiger partial charge in [0, 0.05) is 12.6 Å². The van der Waals surface area contributed by atoms with E-state index in [1.807, 2.05) is 13.8 Å². The minimum atomic E-state index is -4.51. The van der Waals surface area contributed by atoms with Gasteiger partial charge in [-0.05, 0) is 30.5 Å². The molecule has 0 aromatic heterocycles. The van der Waals surface area contributed by atoms with Crippen LogP contribution in [-0.2, 0) is 20.6 Å². The molecule has 1 aromatic rings. The molecule has 2 aliphatic heterocycles. The summed E-state index contributed by atoms with van der Waals surface area (Å²) in [5, 5.41) is 13.1. The van der Waals surface area contributed by atoms with Crippen molar-refractivity contribution in [3.63, 3.8) is 0 Å². The number of fused-ring (bicyclic) bond motifs is 1. The summed E-state index contributed by atoms with van der Waals surface area (Å²) < 4.78 is 38.9. The molecule has 2 N–H and O–H groups in total. The molecule has 4 unspecified atom stereocenters. The highest BCUT2D eigenvalue weighted by molar-refractivity contribution is 6.09. The van der Waals surface area contributed by atoms with Crippen molar-refractivity contribution in [2.45, 2.75) is 63.7 Å². The monoisotopic (exact) mass is 440 g/mol. The number of carbonyl (C=O) groups excluding carboxylic acids is 2. The van der Waals surface area contributed by atoms with Crippen molar-refractivity contribution in [2.24, 2.45) is 11.8 Å². The van der Waals surface area contributed by atoms with Crippen LogP contribution in [0.4, 0.5) is 13.2 Å². The highest BCUT2D eigenvalue weighted by Crippen LogP contribution is 2.50. The molecule has 2 heterocycles. The van der Waals surface area contributed by atoms with E-state index in [-0.39, 0.29) is 13.0 Å². The topological polar surface area (TPSA) is 86.7 Å². The van der Waals surface area contributed by atoms with Gasteiger partial charge in [0.2, 0.25) is 11.8 Å². The first-order valence-corrected chi connectivity index (χ1v) is 10.6. The molecule has 2 saturated heterocycles. The first-order valence-electron chi connectivity index (χ1n) is 10.6. The maximum Gasteiger partial charge on any atom is 0.416 e. The van der Waals surface area contributed by atoms with Gasteiger partial charge >= 0.3 is 12.1 Å². The standard InChI is InChI=1S/C22H27F3N2O4/c1-3-5-11-21(20(30)31)16-15(18(28)27(19(16)29)12-6-4-2)17(26-21)13-7-9-14(10-8-13)22(23,24)25/h7-10,15-17,26H,3-6,11-12H2,1-2H3,(H,30,31). The molecule has 0 aliphatic carbocycles. The summed E-state index contributed by atoms with van der Waals surface area (Å²) in [6, 6.07) is 3.47. The maximum atomic E-state index is 13.2. The number of unbranched alkanes of at least 4 members (excludes halogenated alkanes) is 2. The van der Waals surface area contributed by atoms with Gasteiger partial charge in [-0.1, -0.05) is 45.2 Å². The van der Waals surface area contributed by atoms with Crippen LogP contribution in [0.25, 0.3) is 0 Å². The molecule has 0 spiro atoms. The van der Waals surface area contributed by atoms with Crippen LogP contribution in [0.5, 0.6) is 0 Å². The molecule has 6 nitrogen and oxygen atoms in total. The fourth-order valence-corrected chi connectivity index (χ4v) is 4.75. The summed E-state index contributed by atoms with van der Waals surface area (Å²) in [6.45, 7) is 4.02. The Bertz CT molecular complexity index is 855. The normalized spacial score (nSPS) is 28.3. The minimum Gasteiger partial charge on any atom is -0.480 e. The Hall–Kier alpha value is -2.42. The third-order valence-electron chi connectivity index (χ3n) is 6.38. The number of aliphatic carboxylic acids is 1. The van der Waals surface area contributed by atoms with Gasteiger partial charge < -0.3 is 5.11 Å². The average Bonchev–Trinajstić information content (AvgIpc) is 3.19. The number of nitrogens with zero attached hydrogens (tertiary/aromatic N) is 1. The average molecular weight is 440 g/mol. The van der Waals surface area contributed by atoms with Gasteiger partial charge in [0.1, 0.15) is 5.54 Å². The molecule has 2 aliphatic rings. The van der Waals surface area contributed by atoms with E-state index in [4.69, 9.17) is 0 Å². The van der Waals surface area contributed by atoms with Crippen LogP contribution in [0, 0.1) is 11.8 Å². The van der Waals surface area contributed by atoms with E-state index in [0.29, 0.717) is 24.8 Å². The summed E-state index contributed by atoms with van der Waals surface area (Å²) in [4.78, 5) is 39.9. The van der Waals surface area contributed by atoms with Crippen molar-refractivity contribution in [3.8, 4) is 0 Å². The molecule has 170 valence electrons. The third kappa shape index (κ3) is 3.95. The zero-order valence-corrected chi connectivity index (χ0v) is 17.5. The fourth-order valence-electron chi connectivity index (χ4n) is 4.75. The highest BCUT2D eigenvalue weighted by atomic mass is 19.4. The van der Waals surface area contributed by atoms with E-state index in [1.54, 1.807) is 0 Å². The number of carboxylic acids is 1. The van der Waals surface area contributed by atoms with E-state index in [9.17, 15) is 32.7 Å². The van der Waals surface area contributed by atoms with Crippen molar-refractivity contribution < 1.29 is 32.7 Å². The van der Waals surface area contributed by atoms with Gasteiger partial charge in [0.25, 0.3) is 0 Å². The number of hydrogen-bond donors (Lipinski definition) is 2. The van der Waals surface area contributed by atoms with Crippen LogP contribution >= 0.6 is 0 Å². The summed E-state index contributed by atoms with van der Waals surface area (Å²) in [5.74, 6) is -4.24. The molecule has 0 bridgehead atoms. The fraction of sp³-hybridized carbons (Fsp3) is 0.591. The van der Waals surface area contributed by atoms with Crippen LogP contribution in [0.1, 0.15) is 63.1 Å². The lowest BCUT2D eigenvalue weighted by atomic mass is 9.76. The van der Waals surface area contributed by atoms with Gasteiger partial charge in [-0.15, -0.1) is 0 Å². The predicted octanol–water partition coefficient (Wildman–Crippen LogP) is 3.76. The van der Waals surface area contributed by atoms with Gasteiger partial charge in [-0.3, -0.25) is 24.6 Å². The first kappa shape index (κ1) is 23.2. The number of amides is 2. The summed E-state index contributed by atoms with van der Waals surface area (Å²) in [7, 11) is 0. The Morgan fingerprint density at radius 3 is 2.23 bits per heavy atom.